The van der Waals surface area contributed by atoms with Gasteiger partial charge in [0.25, 0.3) is 0 Å². The summed E-state index contributed by atoms with van der Waals surface area (Å²) < 4.78 is 19.6. The number of hydrogen-bond acceptors (Lipinski definition) is 5. The van der Waals surface area contributed by atoms with E-state index in [1.165, 1.54) is 24.3 Å². The molecule has 1 aromatic carbocycles. The smallest absolute Gasteiger partial charge is 0.331 e. The normalized spacial score (nSPS) is 11.0. The van der Waals surface area contributed by atoms with Crippen molar-refractivity contribution in [2.24, 2.45) is 0 Å². The molecule has 110 valence electrons. The number of tetrazole rings is 1. The Kier molecular flexibility index (Phi) is 5.14. The molecule has 0 saturated carbocycles. The van der Waals surface area contributed by atoms with Crippen LogP contribution in [-0.2, 0) is 22.7 Å². The van der Waals surface area contributed by atoms with Crippen molar-refractivity contribution in [1.29, 1.82) is 0 Å². The van der Waals surface area contributed by atoms with E-state index in [-0.39, 0.29) is 12.4 Å². The number of carbonyl (C=O) groups excluding carboxylic acids is 1. The first kappa shape index (κ1) is 14.8. The van der Waals surface area contributed by atoms with E-state index >= 15 is 0 Å². The topological polar surface area (TPSA) is 69.9 Å². The molecular weight excluding hydrogens is 275 g/mol. The van der Waals surface area contributed by atoms with E-state index in [9.17, 15) is 9.18 Å². The number of rotatable bonds is 6. The molecule has 7 heteroatoms. The third-order valence-corrected chi connectivity index (χ3v) is 2.65. The molecule has 0 radical (unpaired) electrons. The molecule has 0 saturated heterocycles. The second-order valence-electron chi connectivity index (χ2n) is 4.31. The van der Waals surface area contributed by atoms with Crippen LogP contribution in [0.5, 0.6) is 0 Å². The van der Waals surface area contributed by atoms with Crippen molar-refractivity contribution < 1.29 is 13.9 Å². The minimum atomic E-state index is -0.537. The molecule has 2 rings (SSSR count). The molecule has 0 atom stereocenters. The van der Waals surface area contributed by atoms with Gasteiger partial charge in [-0.25, -0.2) is 13.9 Å². The highest BCUT2D eigenvalue weighted by atomic mass is 19.1. The molecule has 0 bridgehead atoms. The number of esters is 1. The molecule has 1 aromatic heterocycles. The van der Waals surface area contributed by atoms with Crippen molar-refractivity contribution in [2.75, 3.05) is 0 Å². The van der Waals surface area contributed by atoms with E-state index in [4.69, 9.17) is 4.74 Å². The molecule has 0 unspecified atom stereocenters. The third-order valence-electron chi connectivity index (χ3n) is 2.65. The molecule has 0 spiro atoms. The molecule has 0 aliphatic heterocycles. The lowest BCUT2D eigenvalue weighted by atomic mass is 10.2. The predicted octanol–water partition coefficient (Wildman–Crippen LogP) is 1.98. The quantitative estimate of drug-likeness (QED) is 0.601. The zero-order chi connectivity index (χ0) is 15.1. The van der Waals surface area contributed by atoms with E-state index in [2.05, 4.69) is 15.5 Å². The Bertz CT molecular complexity index is 639. The molecule has 6 nitrogen and oxygen atoms in total. The van der Waals surface area contributed by atoms with Gasteiger partial charge in [0.15, 0.2) is 12.4 Å². The summed E-state index contributed by atoms with van der Waals surface area (Å²) in [4.78, 5) is 11.6. The van der Waals surface area contributed by atoms with Crippen molar-refractivity contribution in [3.05, 3.63) is 47.5 Å². The summed E-state index contributed by atoms with van der Waals surface area (Å²) in [6.45, 7) is 2.66. The molecule has 21 heavy (non-hydrogen) atoms. The van der Waals surface area contributed by atoms with Crippen LogP contribution in [0.1, 0.15) is 24.7 Å². The number of benzene rings is 1. The van der Waals surface area contributed by atoms with E-state index in [1.807, 2.05) is 6.92 Å². The van der Waals surface area contributed by atoms with Gasteiger partial charge >= 0.3 is 5.97 Å². The summed E-state index contributed by atoms with van der Waals surface area (Å²) >= 11 is 0. The molecule has 0 fully saturated rings. The molecular formula is C14H15FN4O2. The number of aromatic nitrogens is 4. The van der Waals surface area contributed by atoms with Crippen LogP contribution in [0, 0.1) is 5.82 Å². The molecule has 2 aromatic rings. The van der Waals surface area contributed by atoms with Crippen molar-refractivity contribution >= 4 is 12.0 Å². The summed E-state index contributed by atoms with van der Waals surface area (Å²) in [5.41, 5.74) is 0.586. The first-order chi connectivity index (χ1) is 10.2. The van der Waals surface area contributed by atoms with Crippen molar-refractivity contribution in [3.63, 3.8) is 0 Å². The number of halogens is 1. The van der Waals surface area contributed by atoms with Gasteiger partial charge in [-0.05, 0) is 40.6 Å². The second-order valence-corrected chi connectivity index (χ2v) is 4.31. The average molecular weight is 290 g/mol. The molecule has 1 heterocycles. The van der Waals surface area contributed by atoms with Crippen LogP contribution in [-0.4, -0.2) is 26.2 Å². The van der Waals surface area contributed by atoms with Crippen LogP contribution in [0.4, 0.5) is 4.39 Å². The Balaban J connectivity index is 1.88. The fourth-order valence-corrected chi connectivity index (χ4v) is 1.67. The van der Waals surface area contributed by atoms with Gasteiger partial charge in [-0.3, -0.25) is 0 Å². The average Bonchev–Trinajstić information content (AvgIpc) is 2.91. The highest BCUT2D eigenvalue weighted by Crippen LogP contribution is 2.06. The van der Waals surface area contributed by atoms with E-state index < -0.39 is 5.97 Å². The molecule has 0 N–H and O–H groups in total. The highest BCUT2D eigenvalue weighted by Gasteiger charge is 2.07. The molecule has 0 aliphatic rings. The number of nitrogens with zero attached hydrogens (tertiary/aromatic N) is 4. The lowest BCUT2D eigenvalue weighted by Crippen LogP contribution is -2.09. The number of aryl methyl sites for hydroxylation is 1. The predicted molar refractivity (Wildman–Crippen MR) is 73.3 cm³/mol. The first-order valence-corrected chi connectivity index (χ1v) is 6.54. The van der Waals surface area contributed by atoms with E-state index in [0.29, 0.717) is 17.9 Å². The Labute approximate surface area is 121 Å². The number of ether oxygens (including phenoxy) is 1. The van der Waals surface area contributed by atoms with Gasteiger partial charge in [-0.1, -0.05) is 19.1 Å². The number of hydrogen-bond donors (Lipinski definition) is 0. The maximum Gasteiger partial charge on any atom is 0.331 e. The summed E-state index contributed by atoms with van der Waals surface area (Å²) in [5.74, 6) is -0.404. The minimum Gasteiger partial charge on any atom is -0.454 e. The Morgan fingerprint density at radius 2 is 2.33 bits per heavy atom. The van der Waals surface area contributed by atoms with Gasteiger partial charge in [0, 0.05) is 12.6 Å². The summed E-state index contributed by atoms with van der Waals surface area (Å²) in [6, 6.07) is 5.92. The van der Waals surface area contributed by atoms with E-state index in [0.717, 1.165) is 6.42 Å². The van der Waals surface area contributed by atoms with Crippen LogP contribution < -0.4 is 0 Å². The summed E-state index contributed by atoms with van der Waals surface area (Å²) in [6.07, 6.45) is 3.61. The van der Waals surface area contributed by atoms with Crippen LogP contribution in [0.25, 0.3) is 6.08 Å². The zero-order valence-electron chi connectivity index (χ0n) is 11.6. The Morgan fingerprint density at radius 1 is 1.48 bits per heavy atom. The lowest BCUT2D eigenvalue weighted by Gasteiger charge is -2.02. The Hall–Kier alpha value is -2.57. The van der Waals surface area contributed by atoms with Crippen LogP contribution in [0.2, 0.25) is 0 Å². The first-order valence-electron chi connectivity index (χ1n) is 6.54. The minimum absolute atomic E-state index is 0.000671. The summed E-state index contributed by atoms with van der Waals surface area (Å²) in [7, 11) is 0. The van der Waals surface area contributed by atoms with Gasteiger partial charge in [0.05, 0.1) is 0 Å². The van der Waals surface area contributed by atoms with Gasteiger partial charge in [0.2, 0.25) is 0 Å². The lowest BCUT2D eigenvalue weighted by molar-refractivity contribution is -0.139. The van der Waals surface area contributed by atoms with Crippen molar-refractivity contribution in [2.45, 2.75) is 26.5 Å². The van der Waals surface area contributed by atoms with E-state index in [1.54, 1.807) is 16.8 Å². The molecule has 0 amide bonds. The fraction of sp³-hybridized carbons (Fsp3) is 0.286. The monoisotopic (exact) mass is 290 g/mol. The third kappa shape index (κ3) is 4.48. The maximum absolute atomic E-state index is 13.0. The molecule has 0 aliphatic carbocycles. The van der Waals surface area contributed by atoms with Crippen LogP contribution in [0.15, 0.2) is 30.3 Å². The largest absolute Gasteiger partial charge is 0.454 e. The fourth-order valence-electron chi connectivity index (χ4n) is 1.67. The maximum atomic E-state index is 13.0. The second kappa shape index (κ2) is 7.28. The van der Waals surface area contributed by atoms with Crippen molar-refractivity contribution in [1.82, 2.24) is 20.2 Å². The Morgan fingerprint density at radius 3 is 3.10 bits per heavy atom. The van der Waals surface area contributed by atoms with Crippen LogP contribution in [0.3, 0.4) is 0 Å². The highest BCUT2D eigenvalue weighted by molar-refractivity contribution is 5.86. The van der Waals surface area contributed by atoms with Gasteiger partial charge in [-0.15, -0.1) is 5.10 Å². The van der Waals surface area contributed by atoms with Crippen LogP contribution >= 0.6 is 0 Å². The zero-order valence-corrected chi connectivity index (χ0v) is 11.6. The van der Waals surface area contributed by atoms with Gasteiger partial charge in [0.1, 0.15) is 5.82 Å². The standard InChI is InChI=1S/C14H15FN4O2/c1-2-8-19-13(16-17-18-19)10-21-14(20)7-6-11-4-3-5-12(15)9-11/h3-7,9H,2,8,10H2,1H3/b7-6+. The van der Waals surface area contributed by atoms with Crippen molar-refractivity contribution in [3.8, 4) is 0 Å². The summed E-state index contributed by atoms with van der Waals surface area (Å²) in [5, 5.41) is 11.1. The SMILES string of the molecule is CCCn1nnnc1COC(=O)/C=C/c1cccc(F)c1. The van der Waals surface area contributed by atoms with Gasteiger partial charge < -0.3 is 4.74 Å². The van der Waals surface area contributed by atoms with Gasteiger partial charge in [-0.2, -0.15) is 0 Å². The number of carbonyl (C=O) groups is 1.